The first-order chi connectivity index (χ1) is 8.81. The minimum absolute atomic E-state index is 0.590. The highest BCUT2D eigenvalue weighted by atomic mass is 35.5. The van der Waals surface area contributed by atoms with Crippen molar-refractivity contribution < 1.29 is 0 Å². The highest BCUT2D eigenvalue weighted by molar-refractivity contribution is 6.29. The van der Waals surface area contributed by atoms with Gasteiger partial charge in [0.2, 0.25) is 0 Å². The van der Waals surface area contributed by atoms with Crippen LogP contribution < -0.4 is 5.32 Å². The van der Waals surface area contributed by atoms with Crippen LogP contribution in [0, 0.1) is 0 Å². The van der Waals surface area contributed by atoms with Crippen molar-refractivity contribution in [1.82, 2.24) is 20.1 Å². The van der Waals surface area contributed by atoms with Gasteiger partial charge in [-0.15, -0.1) is 0 Å². The second kappa shape index (κ2) is 5.53. The Hall–Kier alpha value is -0.680. The standard InChI is InChI=1S/C13H19ClN4/c14-13-7-11(1-2-16-13)8-17-9-12(10-17)18-5-3-15-4-6-18/h1-2,7,12,15H,3-6,8-10H2. The highest BCUT2D eigenvalue weighted by Gasteiger charge is 2.31. The molecule has 0 amide bonds. The van der Waals surface area contributed by atoms with Gasteiger partial charge in [0.15, 0.2) is 0 Å². The summed E-state index contributed by atoms with van der Waals surface area (Å²) in [4.78, 5) is 9.09. The maximum absolute atomic E-state index is 5.90. The molecule has 4 nitrogen and oxygen atoms in total. The van der Waals surface area contributed by atoms with Crippen molar-refractivity contribution in [1.29, 1.82) is 0 Å². The Balaban J connectivity index is 1.47. The zero-order valence-electron chi connectivity index (χ0n) is 10.5. The van der Waals surface area contributed by atoms with Crippen LogP contribution in [-0.4, -0.2) is 60.1 Å². The summed E-state index contributed by atoms with van der Waals surface area (Å²) in [7, 11) is 0. The molecule has 3 rings (SSSR count). The number of likely N-dealkylation sites (tertiary alicyclic amines) is 1. The van der Waals surface area contributed by atoms with E-state index in [1.807, 2.05) is 12.1 Å². The van der Waals surface area contributed by atoms with Gasteiger partial charge in [-0.1, -0.05) is 11.6 Å². The summed E-state index contributed by atoms with van der Waals surface area (Å²) in [5.41, 5.74) is 1.26. The highest BCUT2D eigenvalue weighted by Crippen LogP contribution is 2.19. The van der Waals surface area contributed by atoms with Crippen LogP contribution in [-0.2, 0) is 6.54 Å². The van der Waals surface area contributed by atoms with Gasteiger partial charge < -0.3 is 5.32 Å². The number of hydrogen-bond acceptors (Lipinski definition) is 4. The average Bonchev–Trinajstić information content (AvgIpc) is 2.34. The van der Waals surface area contributed by atoms with Gasteiger partial charge in [-0.3, -0.25) is 9.80 Å². The second-order valence-corrected chi connectivity index (χ2v) is 5.51. The Labute approximate surface area is 113 Å². The largest absolute Gasteiger partial charge is 0.314 e. The van der Waals surface area contributed by atoms with Crippen LogP contribution in [0.3, 0.4) is 0 Å². The Kier molecular flexibility index (Phi) is 3.80. The van der Waals surface area contributed by atoms with Crippen LogP contribution in [0.15, 0.2) is 18.3 Å². The number of rotatable bonds is 3. The molecule has 0 atom stereocenters. The van der Waals surface area contributed by atoms with Gasteiger partial charge in [0.05, 0.1) is 0 Å². The molecule has 0 aromatic carbocycles. The van der Waals surface area contributed by atoms with Crippen molar-refractivity contribution in [2.24, 2.45) is 0 Å². The van der Waals surface area contributed by atoms with Crippen LogP contribution in [0.5, 0.6) is 0 Å². The Bertz CT molecular complexity index is 400. The van der Waals surface area contributed by atoms with E-state index >= 15 is 0 Å². The van der Waals surface area contributed by atoms with E-state index in [0.717, 1.165) is 25.7 Å². The third kappa shape index (κ3) is 2.83. The fourth-order valence-corrected chi connectivity index (χ4v) is 2.95. The van der Waals surface area contributed by atoms with Crippen molar-refractivity contribution in [3.63, 3.8) is 0 Å². The van der Waals surface area contributed by atoms with Crippen LogP contribution in [0.25, 0.3) is 0 Å². The fourth-order valence-electron chi connectivity index (χ4n) is 2.75. The molecule has 2 aliphatic heterocycles. The van der Waals surface area contributed by atoms with Gasteiger partial charge >= 0.3 is 0 Å². The fraction of sp³-hybridized carbons (Fsp3) is 0.615. The molecule has 0 unspecified atom stereocenters. The molecule has 3 heterocycles. The van der Waals surface area contributed by atoms with Crippen LogP contribution in [0.4, 0.5) is 0 Å². The van der Waals surface area contributed by atoms with Gasteiger partial charge in [-0.2, -0.15) is 0 Å². The van der Waals surface area contributed by atoms with Crippen molar-refractivity contribution in [2.45, 2.75) is 12.6 Å². The molecule has 0 saturated carbocycles. The third-order valence-corrected chi connectivity index (χ3v) is 4.01. The van der Waals surface area contributed by atoms with Crippen LogP contribution in [0.2, 0.25) is 5.15 Å². The summed E-state index contributed by atoms with van der Waals surface area (Å²) in [6, 6.07) is 4.76. The maximum atomic E-state index is 5.90. The van der Waals surface area contributed by atoms with E-state index < -0.39 is 0 Å². The number of nitrogens with one attached hydrogen (secondary N) is 1. The molecule has 0 aliphatic carbocycles. The van der Waals surface area contributed by atoms with E-state index in [4.69, 9.17) is 11.6 Å². The molecule has 2 fully saturated rings. The average molecular weight is 267 g/mol. The summed E-state index contributed by atoms with van der Waals surface area (Å²) >= 11 is 5.90. The zero-order valence-corrected chi connectivity index (χ0v) is 11.2. The predicted molar refractivity (Wildman–Crippen MR) is 72.8 cm³/mol. The van der Waals surface area contributed by atoms with E-state index in [9.17, 15) is 0 Å². The van der Waals surface area contributed by atoms with Crippen molar-refractivity contribution in [3.05, 3.63) is 29.0 Å². The smallest absolute Gasteiger partial charge is 0.129 e. The van der Waals surface area contributed by atoms with Crippen molar-refractivity contribution in [2.75, 3.05) is 39.3 Å². The molecule has 2 aliphatic rings. The Morgan fingerprint density at radius 3 is 2.83 bits per heavy atom. The summed E-state index contributed by atoms with van der Waals surface area (Å²) < 4.78 is 0. The zero-order chi connectivity index (χ0) is 12.4. The van der Waals surface area contributed by atoms with E-state index in [1.54, 1.807) is 6.20 Å². The van der Waals surface area contributed by atoms with E-state index in [-0.39, 0.29) is 0 Å². The molecular weight excluding hydrogens is 248 g/mol. The van der Waals surface area contributed by atoms with Gasteiger partial charge in [-0.05, 0) is 17.7 Å². The quantitative estimate of drug-likeness (QED) is 0.821. The number of pyridine rings is 1. The molecule has 0 spiro atoms. The lowest BCUT2D eigenvalue weighted by atomic mass is 10.1. The Morgan fingerprint density at radius 2 is 2.11 bits per heavy atom. The number of hydrogen-bond donors (Lipinski definition) is 1. The van der Waals surface area contributed by atoms with E-state index in [0.29, 0.717) is 5.15 Å². The molecule has 1 aromatic rings. The maximum Gasteiger partial charge on any atom is 0.129 e. The van der Waals surface area contributed by atoms with Crippen molar-refractivity contribution in [3.8, 4) is 0 Å². The number of halogens is 1. The molecule has 2 saturated heterocycles. The number of nitrogens with zero attached hydrogens (tertiary/aromatic N) is 3. The monoisotopic (exact) mass is 266 g/mol. The lowest BCUT2D eigenvalue weighted by Gasteiger charge is -2.46. The lowest BCUT2D eigenvalue weighted by Crippen LogP contribution is -2.62. The number of piperazine rings is 1. The third-order valence-electron chi connectivity index (χ3n) is 3.80. The van der Waals surface area contributed by atoms with Gasteiger partial charge in [-0.25, -0.2) is 4.98 Å². The summed E-state index contributed by atoms with van der Waals surface area (Å²) in [5, 5.41) is 3.99. The van der Waals surface area contributed by atoms with Gasteiger partial charge in [0.25, 0.3) is 0 Å². The first-order valence-electron chi connectivity index (χ1n) is 6.59. The first-order valence-corrected chi connectivity index (χ1v) is 6.96. The van der Waals surface area contributed by atoms with Crippen LogP contribution in [0.1, 0.15) is 5.56 Å². The summed E-state index contributed by atoms with van der Waals surface area (Å²) in [5.74, 6) is 0. The minimum atomic E-state index is 0.590. The SMILES string of the molecule is Clc1cc(CN2CC(N3CCNCC3)C2)ccn1. The van der Waals surface area contributed by atoms with Gasteiger partial charge in [0.1, 0.15) is 5.15 Å². The molecule has 1 aromatic heterocycles. The summed E-state index contributed by atoms with van der Waals surface area (Å²) in [6.45, 7) is 8.01. The lowest BCUT2D eigenvalue weighted by molar-refractivity contribution is 0.0223. The van der Waals surface area contributed by atoms with Crippen LogP contribution >= 0.6 is 11.6 Å². The van der Waals surface area contributed by atoms with Crippen molar-refractivity contribution >= 4 is 11.6 Å². The molecule has 5 heteroatoms. The topological polar surface area (TPSA) is 31.4 Å². The predicted octanol–water partition coefficient (Wildman–Crippen LogP) is 0.824. The first kappa shape index (κ1) is 12.4. The van der Waals surface area contributed by atoms with E-state index in [1.165, 1.54) is 31.7 Å². The Morgan fingerprint density at radius 1 is 1.33 bits per heavy atom. The summed E-state index contributed by atoms with van der Waals surface area (Å²) in [6.07, 6.45) is 1.78. The normalized spacial score (nSPS) is 22.9. The molecule has 0 radical (unpaired) electrons. The molecule has 18 heavy (non-hydrogen) atoms. The second-order valence-electron chi connectivity index (χ2n) is 5.12. The molecular formula is C13H19ClN4. The molecule has 0 bridgehead atoms. The molecule has 98 valence electrons. The van der Waals surface area contributed by atoms with Gasteiger partial charge in [0, 0.05) is 58.1 Å². The number of aromatic nitrogens is 1. The minimum Gasteiger partial charge on any atom is -0.314 e. The molecule has 1 N–H and O–H groups in total. The van der Waals surface area contributed by atoms with E-state index in [2.05, 4.69) is 20.1 Å².